The second-order valence-electron chi connectivity index (χ2n) is 4.24. The second kappa shape index (κ2) is 5.08. The van der Waals surface area contributed by atoms with Crippen LogP contribution in [0.1, 0.15) is 44.2 Å². The van der Waals surface area contributed by atoms with Gasteiger partial charge < -0.3 is 0 Å². The molecule has 0 amide bonds. The third-order valence-electron chi connectivity index (χ3n) is 3.15. The first-order valence-corrected chi connectivity index (χ1v) is 5.70. The largest absolute Gasteiger partial charge is 0.261 e. The van der Waals surface area contributed by atoms with Gasteiger partial charge in [-0.15, -0.1) is 0 Å². The Balaban J connectivity index is 1.76. The molecule has 1 aromatic heterocycles. The summed E-state index contributed by atoms with van der Waals surface area (Å²) in [6.07, 6.45) is 15.0. The topological polar surface area (TPSA) is 25.8 Å². The van der Waals surface area contributed by atoms with Crippen LogP contribution in [-0.4, -0.2) is 9.97 Å². The van der Waals surface area contributed by atoms with Crippen molar-refractivity contribution in [2.24, 2.45) is 5.92 Å². The summed E-state index contributed by atoms with van der Waals surface area (Å²) in [7, 11) is 0. The van der Waals surface area contributed by atoms with E-state index in [0.717, 1.165) is 18.0 Å². The molecule has 0 N–H and O–H groups in total. The lowest BCUT2D eigenvalue weighted by Crippen LogP contribution is -2.07. The van der Waals surface area contributed by atoms with E-state index >= 15 is 0 Å². The Morgan fingerprint density at radius 3 is 2.71 bits per heavy atom. The van der Waals surface area contributed by atoms with Gasteiger partial charge in [-0.3, -0.25) is 9.97 Å². The molecule has 1 saturated carbocycles. The van der Waals surface area contributed by atoms with Crippen LogP contribution in [0, 0.1) is 5.92 Å². The molecule has 0 aromatic carbocycles. The van der Waals surface area contributed by atoms with E-state index in [2.05, 4.69) is 9.97 Å². The van der Waals surface area contributed by atoms with Gasteiger partial charge in [0.05, 0.1) is 5.69 Å². The van der Waals surface area contributed by atoms with Gasteiger partial charge in [-0.2, -0.15) is 0 Å². The predicted octanol–water partition coefficient (Wildman–Crippen LogP) is 2.99. The molecule has 2 rings (SSSR count). The molecule has 2 nitrogen and oxygen atoms in total. The van der Waals surface area contributed by atoms with E-state index in [1.165, 1.54) is 38.5 Å². The SMILES string of the molecule is c1cnc(CCC2CCCCC2)cn1. The van der Waals surface area contributed by atoms with E-state index in [0.29, 0.717) is 0 Å². The Morgan fingerprint density at radius 1 is 1.14 bits per heavy atom. The van der Waals surface area contributed by atoms with Crippen LogP contribution in [0.4, 0.5) is 0 Å². The van der Waals surface area contributed by atoms with Crippen molar-refractivity contribution in [3.8, 4) is 0 Å². The van der Waals surface area contributed by atoms with Gasteiger partial charge in [0.15, 0.2) is 0 Å². The molecule has 0 unspecified atom stereocenters. The van der Waals surface area contributed by atoms with Crippen LogP contribution < -0.4 is 0 Å². The Morgan fingerprint density at radius 2 is 2.00 bits per heavy atom. The predicted molar refractivity (Wildman–Crippen MR) is 56.9 cm³/mol. The van der Waals surface area contributed by atoms with Gasteiger partial charge >= 0.3 is 0 Å². The summed E-state index contributed by atoms with van der Waals surface area (Å²) in [5.74, 6) is 0.950. The fourth-order valence-electron chi connectivity index (χ4n) is 2.29. The van der Waals surface area contributed by atoms with Crippen molar-refractivity contribution in [3.63, 3.8) is 0 Å². The Kier molecular flexibility index (Phi) is 3.50. The standard InChI is InChI=1S/C12H18N2/c1-2-4-11(5-3-1)6-7-12-10-13-8-9-14-12/h8-11H,1-7H2. The molecule has 1 aromatic rings. The zero-order chi connectivity index (χ0) is 9.64. The molecule has 0 saturated heterocycles. The van der Waals surface area contributed by atoms with Crippen LogP contribution in [0.5, 0.6) is 0 Å². The van der Waals surface area contributed by atoms with Gasteiger partial charge in [-0.1, -0.05) is 32.1 Å². The van der Waals surface area contributed by atoms with Crippen LogP contribution >= 0.6 is 0 Å². The molecule has 0 bridgehead atoms. The maximum Gasteiger partial charge on any atom is 0.0586 e. The minimum Gasteiger partial charge on any atom is -0.261 e. The van der Waals surface area contributed by atoms with Gasteiger partial charge in [0.25, 0.3) is 0 Å². The Bertz CT molecular complexity index is 252. The molecular weight excluding hydrogens is 172 g/mol. The van der Waals surface area contributed by atoms with Gasteiger partial charge in [0.2, 0.25) is 0 Å². The minimum atomic E-state index is 0.950. The first-order chi connectivity index (χ1) is 6.95. The molecule has 0 radical (unpaired) electrons. The molecule has 0 spiro atoms. The van der Waals surface area contributed by atoms with Crippen molar-refractivity contribution in [1.82, 2.24) is 9.97 Å². The lowest BCUT2D eigenvalue weighted by Gasteiger charge is -2.20. The number of hydrogen-bond donors (Lipinski definition) is 0. The molecule has 0 aliphatic heterocycles. The summed E-state index contributed by atoms with van der Waals surface area (Å²) >= 11 is 0. The first kappa shape index (κ1) is 9.63. The maximum atomic E-state index is 4.30. The smallest absolute Gasteiger partial charge is 0.0586 e. The fraction of sp³-hybridized carbons (Fsp3) is 0.667. The van der Waals surface area contributed by atoms with Crippen LogP contribution in [0.2, 0.25) is 0 Å². The highest BCUT2D eigenvalue weighted by molar-refractivity contribution is 4.94. The van der Waals surface area contributed by atoms with E-state index in [-0.39, 0.29) is 0 Å². The number of hydrogen-bond acceptors (Lipinski definition) is 2. The van der Waals surface area contributed by atoms with Crippen LogP contribution in [-0.2, 0) is 6.42 Å². The van der Waals surface area contributed by atoms with Crippen molar-refractivity contribution in [1.29, 1.82) is 0 Å². The van der Waals surface area contributed by atoms with Crippen LogP contribution in [0.15, 0.2) is 18.6 Å². The quantitative estimate of drug-likeness (QED) is 0.732. The third kappa shape index (κ3) is 2.79. The summed E-state index contributed by atoms with van der Waals surface area (Å²) < 4.78 is 0. The zero-order valence-corrected chi connectivity index (χ0v) is 8.65. The molecule has 76 valence electrons. The van der Waals surface area contributed by atoms with Crippen LogP contribution in [0.25, 0.3) is 0 Å². The normalized spacial score (nSPS) is 18.3. The number of aryl methyl sites for hydroxylation is 1. The highest BCUT2D eigenvalue weighted by Gasteiger charge is 2.13. The van der Waals surface area contributed by atoms with Crippen molar-refractivity contribution in [3.05, 3.63) is 24.3 Å². The molecule has 1 aliphatic carbocycles. The van der Waals surface area contributed by atoms with Crippen molar-refractivity contribution >= 4 is 0 Å². The highest BCUT2D eigenvalue weighted by atomic mass is 14.8. The average molecular weight is 190 g/mol. The summed E-state index contributed by atoms with van der Waals surface area (Å²) in [5, 5.41) is 0. The summed E-state index contributed by atoms with van der Waals surface area (Å²) in [5.41, 5.74) is 1.15. The number of aromatic nitrogens is 2. The minimum absolute atomic E-state index is 0.950. The van der Waals surface area contributed by atoms with E-state index in [9.17, 15) is 0 Å². The third-order valence-corrected chi connectivity index (χ3v) is 3.15. The van der Waals surface area contributed by atoms with Crippen molar-refractivity contribution in [2.75, 3.05) is 0 Å². The van der Waals surface area contributed by atoms with E-state index in [1.54, 1.807) is 12.4 Å². The second-order valence-corrected chi connectivity index (χ2v) is 4.24. The summed E-state index contributed by atoms with van der Waals surface area (Å²) in [6.45, 7) is 0. The molecule has 0 atom stereocenters. The molecule has 1 heterocycles. The van der Waals surface area contributed by atoms with Gasteiger partial charge in [0.1, 0.15) is 0 Å². The lowest BCUT2D eigenvalue weighted by molar-refractivity contribution is 0.338. The summed E-state index contributed by atoms with van der Waals surface area (Å²) in [6, 6.07) is 0. The molecule has 14 heavy (non-hydrogen) atoms. The van der Waals surface area contributed by atoms with E-state index in [1.807, 2.05) is 6.20 Å². The summed E-state index contributed by atoms with van der Waals surface area (Å²) in [4.78, 5) is 8.39. The van der Waals surface area contributed by atoms with E-state index in [4.69, 9.17) is 0 Å². The van der Waals surface area contributed by atoms with Gasteiger partial charge in [-0.25, -0.2) is 0 Å². The number of nitrogens with zero attached hydrogens (tertiary/aromatic N) is 2. The first-order valence-electron chi connectivity index (χ1n) is 5.70. The fourth-order valence-corrected chi connectivity index (χ4v) is 2.29. The monoisotopic (exact) mass is 190 g/mol. The van der Waals surface area contributed by atoms with Crippen molar-refractivity contribution in [2.45, 2.75) is 44.9 Å². The zero-order valence-electron chi connectivity index (χ0n) is 8.65. The van der Waals surface area contributed by atoms with Gasteiger partial charge in [-0.05, 0) is 18.8 Å². The molecular formula is C12H18N2. The van der Waals surface area contributed by atoms with Crippen LogP contribution in [0.3, 0.4) is 0 Å². The number of rotatable bonds is 3. The highest BCUT2D eigenvalue weighted by Crippen LogP contribution is 2.26. The lowest BCUT2D eigenvalue weighted by atomic mass is 9.86. The van der Waals surface area contributed by atoms with Crippen molar-refractivity contribution < 1.29 is 0 Å². The molecule has 1 fully saturated rings. The Labute approximate surface area is 85.8 Å². The maximum absolute atomic E-state index is 4.30. The average Bonchev–Trinajstić information content (AvgIpc) is 2.29. The van der Waals surface area contributed by atoms with E-state index < -0.39 is 0 Å². The molecule has 1 aliphatic rings. The molecule has 2 heteroatoms. The Hall–Kier alpha value is -0.920. The van der Waals surface area contributed by atoms with Gasteiger partial charge in [0, 0.05) is 18.6 Å².